The minimum absolute atomic E-state index is 0.00843. The van der Waals surface area contributed by atoms with Crippen LogP contribution in [0.4, 0.5) is 0 Å². The van der Waals surface area contributed by atoms with Crippen molar-refractivity contribution in [1.82, 2.24) is 9.88 Å². The van der Waals surface area contributed by atoms with Crippen LogP contribution in [0.15, 0.2) is 24.3 Å². The molecule has 1 aliphatic rings. The van der Waals surface area contributed by atoms with Crippen molar-refractivity contribution in [2.24, 2.45) is 0 Å². The molecule has 1 atom stereocenters. The Balaban J connectivity index is 2.08. The fourth-order valence-electron chi connectivity index (χ4n) is 3.12. The van der Waals surface area contributed by atoms with E-state index in [1.54, 1.807) is 17.0 Å². The SMILES string of the molecule is Cc1cc(C(=O)N2CCCCC2CO)c2cc(Cl)ccc2n1. The van der Waals surface area contributed by atoms with Crippen molar-refractivity contribution >= 4 is 28.4 Å². The molecule has 1 N–H and O–H groups in total. The Labute approximate surface area is 134 Å². The molecule has 3 rings (SSSR count). The van der Waals surface area contributed by atoms with E-state index in [1.165, 1.54) is 0 Å². The Morgan fingerprint density at radius 3 is 3.00 bits per heavy atom. The first kappa shape index (κ1) is 15.3. The molecule has 2 heterocycles. The third kappa shape index (κ3) is 2.81. The summed E-state index contributed by atoms with van der Waals surface area (Å²) in [5.41, 5.74) is 2.19. The molecular formula is C17H19ClN2O2. The van der Waals surface area contributed by atoms with Crippen molar-refractivity contribution in [2.75, 3.05) is 13.2 Å². The highest BCUT2D eigenvalue weighted by molar-refractivity contribution is 6.31. The number of piperidine rings is 1. The summed E-state index contributed by atoms with van der Waals surface area (Å²) >= 11 is 6.08. The lowest BCUT2D eigenvalue weighted by molar-refractivity contribution is 0.0505. The van der Waals surface area contributed by atoms with Crippen LogP contribution in [0.3, 0.4) is 0 Å². The van der Waals surface area contributed by atoms with Gasteiger partial charge >= 0.3 is 0 Å². The Morgan fingerprint density at radius 1 is 1.41 bits per heavy atom. The smallest absolute Gasteiger partial charge is 0.254 e. The van der Waals surface area contributed by atoms with Gasteiger partial charge in [-0.3, -0.25) is 9.78 Å². The molecule has 116 valence electrons. The summed E-state index contributed by atoms with van der Waals surface area (Å²) in [7, 11) is 0. The van der Waals surface area contributed by atoms with Gasteiger partial charge in [-0.2, -0.15) is 0 Å². The quantitative estimate of drug-likeness (QED) is 0.925. The molecule has 5 heteroatoms. The van der Waals surface area contributed by atoms with Crippen LogP contribution < -0.4 is 0 Å². The number of hydrogen-bond donors (Lipinski definition) is 1. The van der Waals surface area contributed by atoms with Gasteiger partial charge in [0.05, 0.1) is 23.7 Å². The lowest BCUT2D eigenvalue weighted by atomic mass is 10.00. The molecule has 1 unspecified atom stereocenters. The highest BCUT2D eigenvalue weighted by Crippen LogP contribution is 2.26. The van der Waals surface area contributed by atoms with Gasteiger partial charge in [-0.1, -0.05) is 11.6 Å². The summed E-state index contributed by atoms with van der Waals surface area (Å²) in [4.78, 5) is 19.2. The van der Waals surface area contributed by atoms with Crippen LogP contribution in [-0.2, 0) is 0 Å². The number of fused-ring (bicyclic) bond motifs is 1. The molecule has 0 spiro atoms. The standard InChI is InChI=1S/C17H19ClN2O2/c1-11-8-15(14-9-12(18)5-6-16(14)19-11)17(22)20-7-3-2-4-13(20)10-21/h5-6,8-9,13,21H,2-4,7,10H2,1H3. The number of amides is 1. The molecule has 1 aromatic heterocycles. The van der Waals surface area contributed by atoms with Crippen molar-refractivity contribution in [3.8, 4) is 0 Å². The molecule has 0 radical (unpaired) electrons. The number of aliphatic hydroxyl groups is 1. The zero-order valence-corrected chi connectivity index (χ0v) is 13.3. The predicted octanol–water partition coefficient (Wildman–Crippen LogP) is 3.18. The Bertz CT molecular complexity index is 717. The van der Waals surface area contributed by atoms with E-state index >= 15 is 0 Å². The number of carbonyl (C=O) groups excluding carboxylic acids is 1. The first-order chi connectivity index (χ1) is 10.6. The van der Waals surface area contributed by atoms with E-state index in [0.717, 1.165) is 35.9 Å². The second-order valence-corrected chi connectivity index (χ2v) is 6.24. The number of aromatic nitrogens is 1. The van der Waals surface area contributed by atoms with Crippen LogP contribution in [0, 0.1) is 6.92 Å². The minimum Gasteiger partial charge on any atom is -0.394 e. The van der Waals surface area contributed by atoms with E-state index in [1.807, 2.05) is 19.1 Å². The molecule has 1 amide bonds. The summed E-state index contributed by atoms with van der Waals surface area (Å²) in [5, 5.41) is 10.9. The van der Waals surface area contributed by atoms with E-state index in [-0.39, 0.29) is 18.6 Å². The number of aryl methyl sites for hydroxylation is 1. The van der Waals surface area contributed by atoms with E-state index in [4.69, 9.17) is 11.6 Å². The average molecular weight is 319 g/mol. The van der Waals surface area contributed by atoms with Gasteiger partial charge in [0.1, 0.15) is 0 Å². The summed E-state index contributed by atoms with van der Waals surface area (Å²) in [6, 6.07) is 7.12. The van der Waals surface area contributed by atoms with Gasteiger partial charge in [-0.15, -0.1) is 0 Å². The normalized spacial score (nSPS) is 18.7. The molecule has 4 nitrogen and oxygen atoms in total. The predicted molar refractivity (Wildman–Crippen MR) is 87.3 cm³/mol. The van der Waals surface area contributed by atoms with Crippen molar-refractivity contribution in [2.45, 2.75) is 32.2 Å². The van der Waals surface area contributed by atoms with E-state index in [2.05, 4.69) is 4.98 Å². The third-order valence-corrected chi connectivity index (χ3v) is 4.46. The van der Waals surface area contributed by atoms with Crippen molar-refractivity contribution in [3.05, 3.63) is 40.5 Å². The first-order valence-electron chi connectivity index (χ1n) is 7.59. The maximum atomic E-state index is 13.0. The number of halogens is 1. The zero-order chi connectivity index (χ0) is 15.7. The highest BCUT2D eigenvalue weighted by atomic mass is 35.5. The van der Waals surface area contributed by atoms with E-state index in [9.17, 15) is 9.90 Å². The molecule has 0 aliphatic carbocycles. The van der Waals surface area contributed by atoms with E-state index in [0.29, 0.717) is 17.1 Å². The molecule has 22 heavy (non-hydrogen) atoms. The van der Waals surface area contributed by atoms with Gasteiger partial charge in [0.15, 0.2) is 0 Å². The summed E-state index contributed by atoms with van der Waals surface area (Å²) in [5.74, 6) is -0.0449. The molecule has 1 aromatic carbocycles. The van der Waals surface area contributed by atoms with Gasteiger partial charge in [-0.25, -0.2) is 0 Å². The fourth-order valence-corrected chi connectivity index (χ4v) is 3.29. The van der Waals surface area contributed by atoms with E-state index < -0.39 is 0 Å². The number of carbonyl (C=O) groups is 1. The largest absolute Gasteiger partial charge is 0.394 e. The van der Waals surface area contributed by atoms with Crippen LogP contribution in [0.25, 0.3) is 10.9 Å². The van der Waals surface area contributed by atoms with Gasteiger partial charge in [0.2, 0.25) is 0 Å². The lowest BCUT2D eigenvalue weighted by Gasteiger charge is -2.35. The van der Waals surface area contributed by atoms with Crippen molar-refractivity contribution in [1.29, 1.82) is 0 Å². The molecule has 0 bridgehead atoms. The maximum absolute atomic E-state index is 13.0. The number of rotatable bonds is 2. The topological polar surface area (TPSA) is 53.4 Å². The van der Waals surface area contributed by atoms with Crippen molar-refractivity contribution < 1.29 is 9.90 Å². The summed E-state index contributed by atoms with van der Waals surface area (Å²) in [6.07, 6.45) is 2.88. The monoisotopic (exact) mass is 318 g/mol. The molecule has 1 fully saturated rings. The number of aliphatic hydroxyl groups excluding tert-OH is 1. The second kappa shape index (κ2) is 6.23. The van der Waals surface area contributed by atoms with Crippen molar-refractivity contribution in [3.63, 3.8) is 0 Å². The fraction of sp³-hybridized carbons (Fsp3) is 0.412. The lowest BCUT2D eigenvalue weighted by Crippen LogP contribution is -2.45. The number of pyridine rings is 1. The highest BCUT2D eigenvalue weighted by Gasteiger charge is 2.28. The number of hydrogen-bond acceptors (Lipinski definition) is 3. The Morgan fingerprint density at radius 2 is 2.23 bits per heavy atom. The number of benzene rings is 1. The number of likely N-dealkylation sites (tertiary alicyclic amines) is 1. The van der Waals surface area contributed by atoms with Crippen LogP contribution in [0.2, 0.25) is 5.02 Å². The van der Waals surface area contributed by atoms with Gasteiger partial charge in [-0.05, 0) is 50.5 Å². The van der Waals surface area contributed by atoms with Gasteiger partial charge in [0.25, 0.3) is 5.91 Å². The second-order valence-electron chi connectivity index (χ2n) is 5.80. The maximum Gasteiger partial charge on any atom is 0.254 e. The Kier molecular flexibility index (Phi) is 4.32. The minimum atomic E-state index is -0.0936. The zero-order valence-electron chi connectivity index (χ0n) is 12.6. The first-order valence-corrected chi connectivity index (χ1v) is 7.96. The van der Waals surface area contributed by atoms with Gasteiger partial charge in [0, 0.05) is 22.6 Å². The average Bonchev–Trinajstić information content (AvgIpc) is 2.53. The summed E-state index contributed by atoms with van der Waals surface area (Å²) in [6.45, 7) is 2.58. The van der Waals surface area contributed by atoms with Gasteiger partial charge < -0.3 is 10.0 Å². The molecule has 0 saturated carbocycles. The Hall–Kier alpha value is -1.65. The molecule has 1 saturated heterocycles. The van der Waals surface area contributed by atoms with Crippen LogP contribution in [0.1, 0.15) is 35.3 Å². The van der Waals surface area contributed by atoms with Crippen LogP contribution in [0.5, 0.6) is 0 Å². The molecular weight excluding hydrogens is 300 g/mol. The third-order valence-electron chi connectivity index (χ3n) is 4.23. The summed E-state index contributed by atoms with van der Waals surface area (Å²) < 4.78 is 0. The molecule has 2 aromatic rings. The molecule has 1 aliphatic heterocycles. The van der Waals surface area contributed by atoms with Crippen LogP contribution >= 0.6 is 11.6 Å². The van der Waals surface area contributed by atoms with Crippen LogP contribution in [-0.4, -0.2) is 40.1 Å². The number of nitrogens with zero attached hydrogens (tertiary/aromatic N) is 2.